The van der Waals surface area contributed by atoms with Gasteiger partial charge in [-0.25, -0.2) is 74.4 Å². The highest BCUT2D eigenvalue weighted by Crippen LogP contribution is 2.18. The smallest absolute Gasteiger partial charge is 0.426 e. The third-order valence-corrected chi connectivity index (χ3v) is 13.4. The highest BCUT2D eigenvalue weighted by Gasteiger charge is 2.19. The fourth-order valence-electron chi connectivity index (χ4n) is 8.16. The number of carbonyl (C=O) groups excluding carboxylic acids is 9. The fourth-order valence-corrected chi connectivity index (χ4v) is 8.16. The zero-order valence-electron chi connectivity index (χ0n) is 67.3. The lowest BCUT2D eigenvalue weighted by Crippen LogP contribution is -2.48. The summed E-state index contributed by atoms with van der Waals surface area (Å²) in [7, 11) is 3.93. The number of methoxy groups -OCH3 is 3. The van der Waals surface area contributed by atoms with E-state index in [1.807, 2.05) is 81.4 Å². The van der Waals surface area contributed by atoms with Gasteiger partial charge < -0.3 is 106 Å². The summed E-state index contributed by atoms with van der Waals surface area (Å²) in [6.45, 7) is 17.6. The minimum absolute atomic E-state index is 0. The molecule has 0 saturated heterocycles. The molecule has 0 heterocycles. The number of carboxylic acids is 2. The maximum atomic E-state index is 11.6. The van der Waals surface area contributed by atoms with Crippen LogP contribution in [0.2, 0.25) is 0 Å². The second kappa shape index (κ2) is 58.2. The van der Waals surface area contributed by atoms with Crippen molar-refractivity contribution in [3.05, 3.63) is 179 Å². The lowest BCUT2D eigenvalue weighted by molar-refractivity contribution is -0.143. The molecule has 0 unspecified atom stereocenters. The number of hydrogen-bond acceptors (Lipinski definition) is 25. The van der Waals surface area contributed by atoms with E-state index in [2.05, 4.69) is 57.2 Å². The van der Waals surface area contributed by atoms with Gasteiger partial charge in [0.15, 0.2) is 33.0 Å². The van der Waals surface area contributed by atoms with Crippen molar-refractivity contribution in [1.29, 1.82) is 0 Å². The van der Waals surface area contributed by atoms with Crippen LogP contribution in [-0.4, -0.2) is 192 Å². The lowest BCUT2D eigenvalue weighted by Gasteiger charge is -2.19. The fraction of sp³-hybridized carbons (Fsp3) is 0.405. The van der Waals surface area contributed by atoms with Crippen LogP contribution in [0.1, 0.15) is 95.7 Å². The maximum Gasteiger partial charge on any atom is 0.426 e. The minimum atomic E-state index is -1.04. The SMILES string of the molecule is CC(C)(C)OC(=O)NNC(=O)NCCc1ccc(OCC(=O)O)cc1.COC(=O)COc1ccc(CCN)cc1.COC(=O)COc1ccc(CCNC(=O)NNC(=O)OC(C)(C)C)cc1.COC(=O)COc1ccc(CCNC(=O)OC(C)(C)C)cc1.Cl.NC(=O)NCCc1ccc(OCC(=O)O)cc1.NCCc1ccc(O)cc1. The van der Waals surface area contributed by atoms with Gasteiger partial charge in [0, 0.05) is 26.2 Å². The molecule has 17 N–H and O–H groups in total. The van der Waals surface area contributed by atoms with Gasteiger partial charge >= 0.3 is 66.2 Å². The van der Waals surface area contributed by atoms with Gasteiger partial charge in [-0.3, -0.25) is 0 Å². The number of urea groups is 3. The quantitative estimate of drug-likeness (QED) is 0.0113. The van der Waals surface area contributed by atoms with Crippen molar-refractivity contribution in [2.24, 2.45) is 17.2 Å². The predicted molar refractivity (Wildman–Crippen MR) is 430 cm³/mol. The van der Waals surface area contributed by atoms with Crippen LogP contribution in [0.3, 0.4) is 0 Å². The molecular weight excluding hydrogens is 1540 g/mol. The van der Waals surface area contributed by atoms with E-state index in [1.54, 1.807) is 126 Å². The highest BCUT2D eigenvalue weighted by molar-refractivity contribution is 5.85. The molecule has 6 rings (SSSR count). The van der Waals surface area contributed by atoms with Crippen molar-refractivity contribution in [2.45, 2.75) is 118 Å². The van der Waals surface area contributed by atoms with E-state index in [-0.39, 0.29) is 44.8 Å². The van der Waals surface area contributed by atoms with Crippen LogP contribution in [0.4, 0.5) is 28.8 Å². The standard InChI is InChI=1S/C17H25N3O6.C16H23N3O6.C16H23NO5.C11H14N2O4.C11H15NO3.C8H11NO.ClH/c1-17(2,3)26-16(23)20-19-15(22)18-10-9-12-5-7-13(8-6-12)25-11-14(21)24-4;1-16(2,3)25-15(23)19-18-14(22)17-9-8-11-4-6-12(7-5-11)24-10-13(20)21;1-16(2,3)22-15(19)17-10-9-12-5-7-13(8-6-12)21-11-14(18)20-4;12-11(16)13-6-5-8-1-3-9(4-2-8)17-7-10(14)15;1-14-11(13)8-15-10-4-2-9(3-5-10)6-7-12;9-6-5-7-1-3-8(10)4-2-7;/h5-8H,9-11H2,1-4H3,(H,20,23)(H2,18,19,22);4-7H,8-10H2,1-3H3,(H,19,23)(H,20,21)(H2,17,18,22);5-8H,9-11H2,1-4H3,(H,17,19);1-4H,5-7H2,(H,14,15)(H3,12,13,16);2-5H,6-8,12H2,1H3;1-4,10H,5-6,9H2;1H. The van der Waals surface area contributed by atoms with Crippen LogP contribution in [-0.2, 0) is 90.9 Å². The predicted octanol–water partition coefficient (Wildman–Crippen LogP) is 7.67. The second-order valence-electron chi connectivity index (χ2n) is 26.7. The van der Waals surface area contributed by atoms with E-state index in [1.165, 1.54) is 26.9 Å². The van der Waals surface area contributed by atoms with Gasteiger partial charge in [0.05, 0.1) is 21.3 Å². The number of esters is 3. The molecule has 0 radical (unpaired) electrons. The molecule has 640 valence electrons. The molecule has 0 spiro atoms. The molecule has 9 amide bonds. The van der Waals surface area contributed by atoms with Crippen LogP contribution in [0.15, 0.2) is 146 Å². The second-order valence-corrected chi connectivity index (χ2v) is 26.7. The molecule has 37 heteroatoms. The van der Waals surface area contributed by atoms with Crippen molar-refractivity contribution in [3.8, 4) is 34.5 Å². The van der Waals surface area contributed by atoms with Gasteiger partial charge in [-0.2, -0.15) is 0 Å². The zero-order chi connectivity index (χ0) is 86.2. The molecule has 0 bridgehead atoms. The number of rotatable bonds is 31. The minimum Gasteiger partial charge on any atom is -0.508 e. The van der Waals surface area contributed by atoms with E-state index in [4.69, 9.17) is 70.4 Å². The summed E-state index contributed by atoms with van der Waals surface area (Å²) in [5.41, 5.74) is 28.8. The topological polar surface area (TPSA) is 524 Å². The van der Waals surface area contributed by atoms with Crippen LogP contribution >= 0.6 is 12.4 Å². The zero-order valence-corrected chi connectivity index (χ0v) is 68.2. The molecule has 0 aliphatic carbocycles. The van der Waals surface area contributed by atoms with E-state index in [0.717, 1.165) is 40.7 Å². The first kappa shape index (κ1) is 103. The normalized spacial score (nSPS) is 10.2. The number of primary amides is 1. The summed E-state index contributed by atoms with van der Waals surface area (Å²) in [4.78, 5) is 121. The molecule has 0 aromatic heterocycles. The molecule has 6 aromatic rings. The number of phenols is 1. The molecule has 0 aliphatic heterocycles. The highest BCUT2D eigenvalue weighted by atomic mass is 35.5. The average Bonchev–Trinajstić information content (AvgIpc) is 0.916. The molecule has 36 nitrogen and oxygen atoms in total. The number of amides is 9. The number of carbonyl (C=O) groups is 11. The summed E-state index contributed by atoms with van der Waals surface area (Å²) in [5.74, 6) is -0.269. The Morgan fingerprint density at radius 3 is 0.802 bits per heavy atom. The molecule has 6 aromatic carbocycles. The van der Waals surface area contributed by atoms with E-state index in [9.17, 15) is 52.7 Å². The van der Waals surface area contributed by atoms with Crippen molar-refractivity contribution in [3.63, 3.8) is 0 Å². The number of hydrazine groups is 2. The summed E-state index contributed by atoms with van der Waals surface area (Å²) in [6, 6.07) is 41.2. The Labute approximate surface area is 680 Å². The van der Waals surface area contributed by atoms with Gasteiger partial charge in [-0.1, -0.05) is 72.8 Å². The summed E-state index contributed by atoms with van der Waals surface area (Å²) in [5, 5.41) is 36.2. The molecule has 0 aliphatic rings. The lowest BCUT2D eigenvalue weighted by atomic mass is 10.1. The van der Waals surface area contributed by atoms with E-state index >= 15 is 0 Å². The Balaban J connectivity index is 0.00000139. The first-order valence-corrected chi connectivity index (χ1v) is 35.8. The number of nitrogens with two attached hydrogens (primary N) is 3. The third-order valence-electron chi connectivity index (χ3n) is 13.4. The van der Waals surface area contributed by atoms with Crippen LogP contribution < -0.4 is 83.9 Å². The average molecular weight is 1650 g/mol. The van der Waals surface area contributed by atoms with Gasteiger partial charge in [0.2, 0.25) is 0 Å². The Hall–Kier alpha value is -12.7. The van der Waals surface area contributed by atoms with E-state index < -0.39 is 83.7 Å². The number of aromatic hydroxyl groups is 1. The number of benzene rings is 6. The van der Waals surface area contributed by atoms with Crippen LogP contribution in [0, 0.1) is 0 Å². The molecular formula is C79H112ClN11O25. The van der Waals surface area contributed by atoms with Crippen LogP contribution in [0.25, 0.3) is 0 Å². The molecule has 0 atom stereocenters. The van der Waals surface area contributed by atoms with Crippen molar-refractivity contribution in [1.82, 2.24) is 43.0 Å². The van der Waals surface area contributed by atoms with Gasteiger partial charge in [0.25, 0.3) is 0 Å². The van der Waals surface area contributed by atoms with Gasteiger partial charge in [0.1, 0.15) is 51.3 Å². The summed E-state index contributed by atoms with van der Waals surface area (Å²) < 4.78 is 54.2. The van der Waals surface area contributed by atoms with Crippen molar-refractivity contribution < 1.29 is 120 Å². The van der Waals surface area contributed by atoms with Gasteiger partial charge in [-0.15, -0.1) is 12.4 Å². The number of nitrogens with one attached hydrogen (secondary N) is 8. The molecule has 116 heavy (non-hydrogen) atoms. The number of halogens is 1. The number of phenolic OH excluding ortho intramolecular Hbond substituents is 1. The first-order chi connectivity index (χ1) is 54.3. The largest absolute Gasteiger partial charge is 0.508 e. The number of carboxylic acid groups (broad SMARTS) is 2. The molecule has 0 fully saturated rings. The Morgan fingerprint density at radius 1 is 0.328 bits per heavy atom. The summed E-state index contributed by atoms with van der Waals surface area (Å²) in [6.07, 6.45) is 2.27. The monoisotopic (exact) mass is 1650 g/mol. The van der Waals surface area contributed by atoms with Crippen LogP contribution in [0.5, 0.6) is 34.5 Å². The molecule has 0 saturated carbocycles. The summed E-state index contributed by atoms with van der Waals surface area (Å²) >= 11 is 0. The Bertz CT molecular complexity index is 3860. The van der Waals surface area contributed by atoms with E-state index in [0.29, 0.717) is 99.4 Å². The number of hydrogen-bond donors (Lipinski definition) is 14. The number of ether oxygens (including phenoxy) is 11. The van der Waals surface area contributed by atoms with Crippen molar-refractivity contribution >= 4 is 78.6 Å². The van der Waals surface area contributed by atoms with Crippen molar-refractivity contribution in [2.75, 3.05) is 93.6 Å². The van der Waals surface area contributed by atoms with Gasteiger partial charge in [-0.05, 0) is 220 Å². The first-order valence-electron chi connectivity index (χ1n) is 35.8. The Kier molecular flexibility index (Phi) is 51.8. The number of aliphatic carboxylic acids is 2. The third kappa shape index (κ3) is 57.4. The Morgan fingerprint density at radius 2 is 0.560 bits per heavy atom. The number of alkyl carbamates (subject to hydrolysis) is 1. The maximum absolute atomic E-state index is 11.6.